The number of amides is 1. The second kappa shape index (κ2) is 4.84. The van der Waals surface area contributed by atoms with Crippen molar-refractivity contribution in [1.29, 1.82) is 0 Å². The smallest absolute Gasteiger partial charge is 0.337 e. The molecule has 0 fully saturated rings. The molecule has 0 radical (unpaired) electrons. The average molecular weight is 265 g/mol. The normalized spacial score (nSPS) is 10.2. The lowest BCUT2D eigenvalue weighted by Gasteiger charge is -2.07. The summed E-state index contributed by atoms with van der Waals surface area (Å²) in [6.07, 6.45) is 0. The fraction of sp³-hybridized carbons (Fsp3) is 0.0909. The Hall–Kier alpha value is -2.77. The van der Waals surface area contributed by atoms with Crippen LogP contribution in [0.5, 0.6) is 0 Å². The van der Waals surface area contributed by atoms with Gasteiger partial charge in [0.1, 0.15) is 5.82 Å². The fourth-order valence-electron chi connectivity index (χ4n) is 1.39. The van der Waals surface area contributed by atoms with E-state index < -0.39 is 23.4 Å². The van der Waals surface area contributed by atoms with Crippen LogP contribution in [0.1, 0.15) is 26.9 Å². The van der Waals surface area contributed by atoms with Gasteiger partial charge in [-0.1, -0.05) is 11.2 Å². The predicted molar refractivity (Wildman–Crippen MR) is 60.3 cm³/mol. The van der Waals surface area contributed by atoms with E-state index in [1.54, 1.807) is 0 Å². The van der Waals surface area contributed by atoms with E-state index in [0.717, 1.165) is 6.07 Å². The van der Waals surface area contributed by atoms with E-state index in [0.29, 0.717) is 0 Å². The van der Waals surface area contributed by atoms with Crippen molar-refractivity contribution in [2.75, 3.05) is 5.32 Å². The van der Waals surface area contributed by atoms with Gasteiger partial charge in [0, 0.05) is 6.92 Å². The molecular weight excluding hydrogens is 257 g/mol. The molecule has 1 heterocycles. The molecule has 1 amide bonds. The maximum Gasteiger partial charge on any atom is 0.337 e. The van der Waals surface area contributed by atoms with Crippen LogP contribution < -0.4 is 5.32 Å². The molecule has 1 aromatic carbocycles. The molecule has 7 nitrogen and oxygen atoms in total. The van der Waals surface area contributed by atoms with Crippen molar-refractivity contribution in [3.05, 3.63) is 41.3 Å². The first kappa shape index (κ1) is 12.7. The summed E-state index contributed by atoms with van der Waals surface area (Å²) in [6.45, 7) is 1.48. The number of para-hydroxylation sites is 1. The molecule has 0 unspecified atom stereocenters. The number of carboxylic acids is 1. The van der Waals surface area contributed by atoms with Gasteiger partial charge in [0.15, 0.2) is 0 Å². The number of hydrogen-bond donors (Lipinski definition) is 2. The Balaban J connectivity index is 2.33. The zero-order chi connectivity index (χ0) is 14.0. The number of aromatic carboxylic acids is 1. The minimum atomic E-state index is -1.36. The zero-order valence-electron chi connectivity index (χ0n) is 9.68. The number of carbonyl (C=O) groups excluding carboxylic acids is 1. The van der Waals surface area contributed by atoms with Crippen LogP contribution in [0.25, 0.3) is 0 Å². The number of benzene rings is 1. The molecular formula is C11H8FN3O4. The molecule has 2 aromatic rings. The van der Waals surface area contributed by atoms with Crippen LogP contribution >= 0.6 is 0 Å². The van der Waals surface area contributed by atoms with Crippen LogP contribution in [0.15, 0.2) is 22.7 Å². The van der Waals surface area contributed by atoms with E-state index in [4.69, 9.17) is 5.11 Å². The lowest BCUT2D eigenvalue weighted by molar-refractivity contribution is 0.0697. The van der Waals surface area contributed by atoms with Crippen LogP contribution in [0.4, 0.5) is 10.1 Å². The molecule has 19 heavy (non-hydrogen) atoms. The quantitative estimate of drug-likeness (QED) is 0.870. The van der Waals surface area contributed by atoms with Gasteiger partial charge in [0.2, 0.25) is 5.89 Å². The molecule has 0 aliphatic heterocycles. The number of halogens is 1. The van der Waals surface area contributed by atoms with Crippen LogP contribution in [0.2, 0.25) is 0 Å². The van der Waals surface area contributed by atoms with Crippen molar-refractivity contribution < 1.29 is 23.6 Å². The molecule has 0 bridgehead atoms. The molecule has 0 atom stereocenters. The zero-order valence-corrected chi connectivity index (χ0v) is 9.68. The van der Waals surface area contributed by atoms with E-state index in [2.05, 4.69) is 20.0 Å². The monoisotopic (exact) mass is 265 g/mol. The highest BCUT2D eigenvalue weighted by Crippen LogP contribution is 2.20. The van der Waals surface area contributed by atoms with Gasteiger partial charge >= 0.3 is 5.97 Å². The second-order valence-corrected chi connectivity index (χ2v) is 3.56. The Morgan fingerprint density at radius 3 is 2.74 bits per heavy atom. The topological polar surface area (TPSA) is 105 Å². The Labute approximate surface area is 106 Å². The summed E-state index contributed by atoms with van der Waals surface area (Å²) < 4.78 is 18.1. The number of anilines is 1. The van der Waals surface area contributed by atoms with E-state index in [1.165, 1.54) is 19.1 Å². The Kier molecular flexibility index (Phi) is 3.23. The van der Waals surface area contributed by atoms with Crippen molar-refractivity contribution in [3.8, 4) is 0 Å². The molecule has 0 saturated heterocycles. The second-order valence-electron chi connectivity index (χ2n) is 3.56. The van der Waals surface area contributed by atoms with Gasteiger partial charge in [-0.3, -0.25) is 4.79 Å². The van der Waals surface area contributed by atoms with Crippen molar-refractivity contribution in [2.24, 2.45) is 0 Å². The van der Waals surface area contributed by atoms with E-state index in [1.807, 2.05) is 0 Å². The van der Waals surface area contributed by atoms with Gasteiger partial charge in [-0.05, 0) is 12.1 Å². The number of aromatic nitrogens is 2. The summed E-state index contributed by atoms with van der Waals surface area (Å²) in [7, 11) is 0. The standard InChI is InChI=1S/C11H8FN3O4/c1-5-13-9(15-19-5)10(16)14-8-6(11(17)18)3-2-4-7(8)12/h2-4H,1H3,(H,14,16)(H,17,18). The summed E-state index contributed by atoms with van der Waals surface area (Å²) in [4.78, 5) is 26.3. The Morgan fingerprint density at radius 2 is 2.16 bits per heavy atom. The van der Waals surface area contributed by atoms with Gasteiger partial charge < -0.3 is 14.9 Å². The molecule has 0 saturated carbocycles. The highest BCUT2D eigenvalue weighted by atomic mass is 19.1. The molecule has 8 heteroatoms. The summed E-state index contributed by atoms with van der Waals surface area (Å²) in [5, 5.41) is 14.4. The lowest BCUT2D eigenvalue weighted by atomic mass is 10.1. The minimum absolute atomic E-state index is 0.164. The van der Waals surface area contributed by atoms with Crippen molar-refractivity contribution >= 4 is 17.6 Å². The molecule has 2 N–H and O–H groups in total. The number of aryl methyl sites for hydroxylation is 1. The number of hydrogen-bond acceptors (Lipinski definition) is 5. The van der Waals surface area contributed by atoms with Gasteiger partial charge in [0.25, 0.3) is 11.7 Å². The van der Waals surface area contributed by atoms with Crippen LogP contribution in [0.3, 0.4) is 0 Å². The first-order valence-electron chi connectivity index (χ1n) is 5.12. The highest BCUT2D eigenvalue weighted by molar-refractivity contribution is 6.05. The Bertz CT molecular complexity index is 653. The van der Waals surface area contributed by atoms with Crippen molar-refractivity contribution in [1.82, 2.24) is 10.1 Å². The minimum Gasteiger partial charge on any atom is -0.478 e. The largest absolute Gasteiger partial charge is 0.478 e. The number of carbonyl (C=O) groups is 2. The molecule has 98 valence electrons. The summed E-state index contributed by atoms with van der Waals surface area (Å²) in [6, 6.07) is 3.43. The van der Waals surface area contributed by atoms with E-state index >= 15 is 0 Å². The van der Waals surface area contributed by atoms with Crippen molar-refractivity contribution in [3.63, 3.8) is 0 Å². The molecule has 0 spiro atoms. The molecule has 2 rings (SSSR count). The fourth-order valence-corrected chi connectivity index (χ4v) is 1.39. The maximum atomic E-state index is 13.5. The third-order valence-electron chi connectivity index (χ3n) is 2.21. The number of nitrogens with one attached hydrogen (secondary N) is 1. The highest BCUT2D eigenvalue weighted by Gasteiger charge is 2.19. The SMILES string of the molecule is Cc1nc(C(=O)Nc2c(F)cccc2C(=O)O)no1. The Morgan fingerprint density at radius 1 is 1.42 bits per heavy atom. The summed E-state index contributed by atoms with van der Waals surface area (Å²) >= 11 is 0. The third-order valence-corrected chi connectivity index (χ3v) is 2.21. The van der Waals surface area contributed by atoms with Gasteiger partial charge in [-0.15, -0.1) is 0 Å². The van der Waals surface area contributed by atoms with E-state index in [-0.39, 0.29) is 17.3 Å². The third kappa shape index (κ3) is 2.57. The van der Waals surface area contributed by atoms with Crippen molar-refractivity contribution in [2.45, 2.75) is 6.92 Å². The number of nitrogens with zero attached hydrogens (tertiary/aromatic N) is 2. The summed E-state index contributed by atoms with van der Waals surface area (Å²) in [5.41, 5.74) is -0.809. The average Bonchev–Trinajstić information content (AvgIpc) is 2.78. The molecule has 1 aromatic heterocycles. The number of rotatable bonds is 3. The summed E-state index contributed by atoms with van der Waals surface area (Å²) in [5.74, 6) is -3.23. The van der Waals surface area contributed by atoms with Crippen LogP contribution in [0, 0.1) is 12.7 Å². The van der Waals surface area contributed by atoms with Gasteiger partial charge in [-0.2, -0.15) is 4.98 Å². The predicted octanol–water partition coefficient (Wildman–Crippen LogP) is 1.47. The molecule has 0 aliphatic rings. The number of carboxylic acid groups (broad SMARTS) is 1. The maximum absolute atomic E-state index is 13.5. The first-order valence-corrected chi connectivity index (χ1v) is 5.12. The first-order chi connectivity index (χ1) is 8.99. The van der Waals surface area contributed by atoms with Gasteiger partial charge in [-0.25, -0.2) is 9.18 Å². The molecule has 0 aliphatic carbocycles. The van der Waals surface area contributed by atoms with Crippen LogP contribution in [-0.2, 0) is 0 Å². The van der Waals surface area contributed by atoms with Gasteiger partial charge in [0.05, 0.1) is 11.3 Å². The van der Waals surface area contributed by atoms with E-state index in [9.17, 15) is 14.0 Å². The lowest BCUT2D eigenvalue weighted by Crippen LogP contribution is -2.17. The van der Waals surface area contributed by atoms with Crippen LogP contribution in [-0.4, -0.2) is 27.1 Å².